The molecule has 4 nitrogen and oxygen atoms in total. The van der Waals surface area contributed by atoms with E-state index in [0.29, 0.717) is 25.3 Å². The van der Waals surface area contributed by atoms with Crippen LogP contribution >= 0.6 is 0 Å². The highest BCUT2D eigenvalue weighted by Gasteiger charge is 2.45. The number of aliphatic imine (C=N–C) groups is 1. The number of ether oxygens (including phenoxy) is 1. The van der Waals surface area contributed by atoms with Gasteiger partial charge in [0.25, 0.3) is 0 Å². The monoisotopic (exact) mass is 364 g/mol. The van der Waals surface area contributed by atoms with Gasteiger partial charge >= 0.3 is 0 Å². The molecule has 0 aliphatic carbocycles. The summed E-state index contributed by atoms with van der Waals surface area (Å²) in [6.45, 7) is 6.55. The zero-order chi connectivity index (χ0) is 19.3. The zero-order valence-corrected chi connectivity index (χ0v) is 16.3. The summed E-state index contributed by atoms with van der Waals surface area (Å²) in [5.74, 6) is 0.551. The predicted molar refractivity (Wildman–Crippen MR) is 109 cm³/mol. The Balaban J connectivity index is 1.82. The lowest BCUT2D eigenvalue weighted by Crippen LogP contribution is -2.46. The number of hydrogen-bond donors (Lipinski definition) is 1. The highest BCUT2D eigenvalue weighted by Crippen LogP contribution is 2.36. The molecule has 0 saturated heterocycles. The van der Waals surface area contributed by atoms with Gasteiger partial charge in [0.1, 0.15) is 18.1 Å². The van der Waals surface area contributed by atoms with Crippen LogP contribution in [0, 0.1) is 5.41 Å². The van der Waals surface area contributed by atoms with E-state index >= 15 is 0 Å². The molecule has 1 aliphatic heterocycles. The van der Waals surface area contributed by atoms with Crippen LogP contribution in [-0.2, 0) is 9.53 Å². The molecule has 0 aromatic heterocycles. The second kappa shape index (κ2) is 8.38. The Hall–Kier alpha value is -2.62. The number of hydrogen-bond acceptors (Lipinski definition) is 3. The molecular formula is C23H28N2O2. The molecule has 0 bridgehead atoms. The van der Waals surface area contributed by atoms with E-state index in [1.165, 1.54) is 0 Å². The van der Waals surface area contributed by atoms with Crippen LogP contribution in [0.5, 0.6) is 0 Å². The highest BCUT2D eigenvalue weighted by atomic mass is 16.5. The molecule has 142 valence electrons. The van der Waals surface area contributed by atoms with Crippen LogP contribution in [0.2, 0.25) is 0 Å². The van der Waals surface area contributed by atoms with Gasteiger partial charge in [-0.05, 0) is 30.9 Å². The van der Waals surface area contributed by atoms with Gasteiger partial charge in [0.05, 0.1) is 6.04 Å². The fraction of sp³-hybridized carbons (Fsp3) is 0.391. The first-order valence-electron chi connectivity index (χ1n) is 9.72. The van der Waals surface area contributed by atoms with E-state index in [9.17, 15) is 4.79 Å². The number of rotatable bonds is 7. The fourth-order valence-corrected chi connectivity index (χ4v) is 3.61. The number of carbonyl (C=O) groups excluding carboxylic acids is 1. The van der Waals surface area contributed by atoms with Gasteiger partial charge in [-0.25, -0.2) is 4.99 Å². The third-order valence-electron chi connectivity index (χ3n) is 5.53. The van der Waals surface area contributed by atoms with Gasteiger partial charge in [0.2, 0.25) is 5.91 Å². The van der Waals surface area contributed by atoms with Crippen molar-refractivity contribution in [2.45, 2.75) is 45.7 Å². The minimum absolute atomic E-state index is 0.0173. The number of nitrogens with one attached hydrogen (secondary N) is 1. The maximum absolute atomic E-state index is 13.3. The Labute approximate surface area is 161 Å². The molecule has 4 heteroatoms. The summed E-state index contributed by atoms with van der Waals surface area (Å²) >= 11 is 0. The van der Waals surface area contributed by atoms with Crippen LogP contribution < -0.4 is 5.32 Å². The number of benzene rings is 2. The summed E-state index contributed by atoms with van der Waals surface area (Å²) in [5.41, 5.74) is 1.47. The molecule has 0 unspecified atom stereocenters. The zero-order valence-electron chi connectivity index (χ0n) is 16.3. The van der Waals surface area contributed by atoms with Crippen LogP contribution in [-0.4, -0.2) is 18.4 Å². The normalized spacial score (nSPS) is 17.7. The van der Waals surface area contributed by atoms with E-state index in [0.717, 1.165) is 11.1 Å². The molecule has 0 radical (unpaired) electrons. The molecule has 2 aromatic rings. The number of amides is 1. The summed E-state index contributed by atoms with van der Waals surface area (Å²) in [5, 5.41) is 3.17. The molecule has 2 aromatic carbocycles. The van der Waals surface area contributed by atoms with E-state index < -0.39 is 5.41 Å². The second-order valence-electron chi connectivity index (χ2n) is 7.07. The number of nitrogens with zero attached hydrogens (tertiary/aromatic N) is 1. The lowest BCUT2D eigenvalue weighted by atomic mass is 9.80. The summed E-state index contributed by atoms with van der Waals surface area (Å²) in [6.07, 6.45) is 1.30. The minimum Gasteiger partial charge on any atom is -0.478 e. The highest BCUT2D eigenvalue weighted by molar-refractivity contribution is 6.05. The SMILES string of the molecule is CCC(CC)(C(=O)N[C@@H](C)c1ccccc1)C1=N[C@H](c2ccccc2)CO1. The average Bonchev–Trinajstić information content (AvgIpc) is 3.21. The van der Waals surface area contributed by atoms with E-state index in [1.54, 1.807) is 0 Å². The first-order chi connectivity index (χ1) is 13.1. The summed E-state index contributed by atoms with van der Waals surface area (Å²) in [4.78, 5) is 18.1. The maximum atomic E-state index is 13.3. The smallest absolute Gasteiger partial charge is 0.236 e. The lowest BCUT2D eigenvalue weighted by Gasteiger charge is -2.31. The summed E-state index contributed by atoms with van der Waals surface area (Å²) < 4.78 is 5.96. The van der Waals surface area contributed by atoms with Crippen molar-refractivity contribution in [1.29, 1.82) is 0 Å². The molecule has 3 rings (SSSR count). The first-order valence-corrected chi connectivity index (χ1v) is 9.72. The van der Waals surface area contributed by atoms with E-state index in [1.807, 2.05) is 69.3 Å². The van der Waals surface area contributed by atoms with Crippen molar-refractivity contribution in [2.75, 3.05) is 6.61 Å². The second-order valence-corrected chi connectivity index (χ2v) is 7.07. The van der Waals surface area contributed by atoms with Gasteiger partial charge < -0.3 is 10.1 Å². The molecule has 1 amide bonds. The van der Waals surface area contributed by atoms with Gasteiger partial charge in [-0.3, -0.25) is 4.79 Å². The average molecular weight is 364 g/mol. The van der Waals surface area contributed by atoms with Gasteiger partial charge in [0, 0.05) is 0 Å². The van der Waals surface area contributed by atoms with Gasteiger partial charge in [-0.2, -0.15) is 0 Å². The largest absolute Gasteiger partial charge is 0.478 e. The molecule has 1 aliphatic rings. The van der Waals surface area contributed by atoms with Gasteiger partial charge in [-0.1, -0.05) is 74.5 Å². The Morgan fingerprint density at radius 3 is 2.30 bits per heavy atom. The lowest BCUT2D eigenvalue weighted by molar-refractivity contribution is -0.129. The van der Waals surface area contributed by atoms with Crippen molar-refractivity contribution in [3.63, 3.8) is 0 Å². The molecule has 1 heterocycles. The van der Waals surface area contributed by atoms with E-state index in [2.05, 4.69) is 17.4 Å². The third-order valence-corrected chi connectivity index (χ3v) is 5.53. The standard InChI is InChI=1S/C23H28N2O2/c1-4-23(5-2,21(26)24-17(3)18-12-8-6-9-13-18)22-25-20(16-27-22)19-14-10-7-11-15-19/h6-15,17,20H,4-5,16H2,1-3H3,(H,24,26)/t17-,20-/m0/s1. The minimum atomic E-state index is -0.730. The topological polar surface area (TPSA) is 50.7 Å². The molecule has 0 fully saturated rings. The molecule has 0 saturated carbocycles. The predicted octanol–water partition coefficient (Wildman–Crippen LogP) is 4.84. The first kappa shape index (κ1) is 19.2. The Morgan fingerprint density at radius 1 is 1.11 bits per heavy atom. The summed E-state index contributed by atoms with van der Waals surface area (Å²) in [7, 11) is 0. The Morgan fingerprint density at radius 2 is 1.70 bits per heavy atom. The third kappa shape index (κ3) is 3.90. The molecular weight excluding hydrogens is 336 g/mol. The van der Waals surface area contributed by atoms with Crippen molar-refractivity contribution in [3.05, 3.63) is 71.8 Å². The summed E-state index contributed by atoms with van der Waals surface area (Å²) in [6, 6.07) is 20.0. The van der Waals surface area contributed by atoms with E-state index in [-0.39, 0.29) is 18.0 Å². The van der Waals surface area contributed by atoms with Crippen LogP contribution in [0.25, 0.3) is 0 Å². The van der Waals surface area contributed by atoms with Gasteiger partial charge in [-0.15, -0.1) is 0 Å². The van der Waals surface area contributed by atoms with Crippen LogP contribution in [0.3, 0.4) is 0 Å². The van der Waals surface area contributed by atoms with Crippen LogP contribution in [0.4, 0.5) is 0 Å². The molecule has 2 atom stereocenters. The van der Waals surface area contributed by atoms with Gasteiger partial charge in [0.15, 0.2) is 5.90 Å². The molecule has 27 heavy (non-hydrogen) atoms. The van der Waals surface area contributed by atoms with E-state index in [4.69, 9.17) is 9.73 Å². The maximum Gasteiger partial charge on any atom is 0.236 e. The van der Waals surface area contributed by atoms with Crippen molar-refractivity contribution < 1.29 is 9.53 Å². The van der Waals surface area contributed by atoms with Crippen molar-refractivity contribution >= 4 is 11.8 Å². The Bertz CT molecular complexity index is 783. The van der Waals surface area contributed by atoms with Crippen LogP contribution in [0.15, 0.2) is 65.7 Å². The van der Waals surface area contributed by atoms with Crippen molar-refractivity contribution in [2.24, 2.45) is 10.4 Å². The molecule has 0 spiro atoms. The Kier molecular flexibility index (Phi) is 5.94. The number of carbonyl (C=O) groups is 1. The fourth-order valence-electron chi connectivity index (χ4n) is 3.61. The molecule has 1 N–H and O–H groups in total. The quantitative estimate of drug-likeness (QED) is 0.764. The van der Waals surface area contributed by atoms with Crippen LogP contribution in [0.1, 0.15) is 56.8 Å². The van der Waals surface area contributed by atoms with Crippen molar-refractivity contribution in [1.82, 2.24) is 5.32 Å². The van der Waals surface area contributed by atoms with Crippen molar-refractivity contribution in [3.8, 4) is 0 Å².